The van der Waals surface area contributed by atoms with Crippen molar-refractivity contribution in [2.24, 2.45) is 0 Å². The topological polar surface area (TPSA) is 72.3 Å². The first kappa shape index (κ1) is 19.7. The summed E-state index contributed by atoms with van der Waals surface area (Å²) in [6.07, 6.45) is 2.46. The second-order valence-corrected chi connectivity index (χ2v) is 7.93. The lowest BCUT2D eigenvalue weighted by Crippen LogP contribution is -2.07. The Morgan fingerprint density at radius 3 is 2.84 bits per heavy atom. The fourth-order valence-corrected chi connectivity index (χ4v) is 4.25. The third-order valence-electron chi connectivity index (χ3n) is 5.50. The van der Waals surface area contributed by atoms with Gasteiger partial charge in [0.25, 0.3) is 0 Å². The molecule has 1 N–H and O–H groups in total. The van der Waals surface area contributed by atoms with Gasteiger partial charge < -0.3 is 4.57 Å². The van der Waals surface area contributed by atoms with E-state index in [1.165, 1.54) is 29.5 Å². The van der Waals surface area contributed by atoms with Gasteiger partial charge in [-0.3, -0.25) is 10.1 Å². The minimum atomic E-state index is -4.58. The van der Waals surface area contributed by atoms with Gasteiger partial charge in [0.1, 0.15) is 11.4 Å². The third-order valence-corrected chi connectivity index (χ3v) is 5.73. The molecule has 0 radical (unpaired) electrons. The summed E-state index contributed by atoms with van der Waals surface area (Å²) >= 11 is 6.09. The number of nitrogens with one attached hydrogen (secondary N) is 1. The molecule has 0 aliphatic heterocycles. The highest BCUT2D eigenvalue weighted by atomic mass is 35.5. The number of aromatic nitrogens is 6. The maximum absolute atomic E-state index is 13.2. The first-order chi connectivity index (χ1) is 14.9. The van der Waals surface area contributed by atoms with Crippen molar-refractivity contribution in [1.29, 1.82) is 0 Å². The average Bonchev–Trinajstić information content (AvgIpc) is 3.48. The van der Waals surface area contributed by atoms with E-state index < -0.39 is 11.9 Å². The summed E-state index contributed by atoms with van der Waals surface area (Å²) in [5.41, 5.74) is 2.62. The van der Waals surface area contributed by atoms with Crippen LogP contribution >= 0.6 is 11.6 Å². The Balaban J connectivity index is 1.39. The number of aryl methyl sites for hydroxylation is 1. The van der Waals surface area contributed by atoms with Gasteiger partial charge in [0.2, 0.25) is 0 Å². The summed E-state index contributed by atoms with van der Waals surface area (Å²) < 4.78 is 41.5. The summed E-state index contributed by atoms with van der Waals surface area (Å²) in [7, 11) is 0. The van der Waals surface area contributed by atoms with E-state index in [9.17, 15) is 13.2 Å². The summed E-state index contributed by atoms with van der Waals surface area (Å²) in [4.78, 5) is 8.68. The largest absolute Gasteiger partial charge is 0.435 e. The quantitative estimate of drug-likeness (QED) is 0.473. The number of hydrogen-bond acceptors (Lipinski definition) is 4. The third kappa shape index (κ3) is 3.81. The van der Waals surface area contributed by atoms with Gasteiger partial charge in [-0.05, 0) is 48.2 Å². The van der Waals surface area contributed by atoms with Gasteiger partial charge >= 0.3 is 6.18 Å². The lowest BCUT2D eigenvalue weighted by atomic mass is 10.0. The first-order valence-corrected chi connectivity index (χ1v) is 10.0. The summed E-state index contributed by atoms with van der Waals surface area (Å²) in [5.74, 6) is 0.359. The fraction of sp³-hybridized carbons (Fsp3) is 0.238. The van der Waals surface area contributed by atoms with Gasteiger partial charge in [-0.25, -0.2) is 4.98 Å². The number of rotatable bonds is 4. The molecule has 31 heavy (non-hydrogen) atoms. The molecule has 0 amide bonds. The first-order valence-electron chi connectivity index (χ1n) is 9.63. The molecule has 0 saturated carbocycles. The van der Waals surface area contributed by atoms with Crippen molar-refractivity contribution in [3.8, 4) is 22.6 Å². The van der Waals surface area contributed by atoms with E-state index in [0.29, 0.717) is 17.3 Å². The number of H-pyrrole nitrogens is 1. The predicted molar refractivity (Wildman–Crippen MR) is 108 cm³/mol. The Morgan fingerprint density at radius 1 is 1.13 bits per heavy atom. The number of fused-ring (bicyclic) bond motifs is 1. The summed E-state index contributed by atoms with van der Waals surface area (Å²) in [6.45, 7) is 0.753. The van der Waals surface area contributed by atoms with E-state index in [4.69, 9.17) is 11.6 Å². The van der Waals surface area contributed by atoms with E-state index in [-0.39, 0.29) is 11.3 Å². The normalized spacial score (nSPS) is 15.9. The van der Waals surface area contributed by atoms with Gasteiger partial charge in [0.05, 0.1) is 12.0 Å². The molecule has 3 aromatic heterocycles. The fourth-order valence-electron chi connectivity index (χ4n) is 4.06. The van der Waals surface area contributed by atoms with Gasteiger partial charge in [-0.2, -0.15) is 13.2 Å². The maximum atomic E-state index is 13.2. The molecule has 3 heterocycles. The number of alkyl halides is 3. The van der Waals surface area contributed by atoms with Crippen LogP contribution in [-0.4, -0.2) is 29.9 Å². The minimum Gasteiger partial charge on any atom is -0.336 e. The highest BCUT2D eigenvalue weighted by Crippen LogP contribution is 2.37. The zero-order valence-electron chi connectivity index (χ0n) is 16.1. The Hall–Kier alpha value is -3.20. The monoisotopic (exact) mass is 444 g/mol. The SMILES string of the molecule is FC(F)(F)c1[nH]nnc1-c1ccnc(-c2cn(C[C@@H]3CCc4cc(Cl)ccc43)cn2)c1. The van der Waals surface area contributed by atoms with Crippen molar-refractivity contribution < 1.29 is 13.2 Å². The number of benzene rings is 1. The Kier molecular flexibility index (Phi) is 4.77. The molecular weight excluding hydrogens is 429 g/mol. The van der Waals surface area contributed by atoms with Gasteiger partial charge in [-0.15, -0.1) is 5.10 Å². The van der Waals surface area contributed by atoms with Crippen LogP contribution in [0.15, 0.2) is 49.1 Å². The van der Waals surface area contributed by atoms with Crippen molar-refractivity contribution in [2.45, 2.75) is 31.5 Å². The number of pyridine rings is 1. The summed E-state index contributed by atoms with van der Waals surface area (Å²) in [6, 6.07) is 9.01. The highest BCUT2D eigenvalue weighted by Gasteiger charge is 2.37. The molecule has 1 aliphatic carbocycles. The van der Waals surface area contributed by atoms with Gasteiger partial charge in [0, 0.05) is 35.4 Å². The molecule has 1 aliphatic rings. The number of halogens is 4. The van der Waals surface area contributed by atoms with Crippen LogP contribution in [0.4, 0.5) is 13.2 Å². The van der Waals surface area contributed by atoms with Crippen LogP contribution in [0.25, 0.3) is 22.6 Å². The van der Waals surface area contributed by atoms with Crippen molar-refractivity contribution in [3.05, 3.63) is 70.9 Å². The molecule has 0 unspecified atom stereocenters. The van der Waals surface area contributed by atoms with E-state index >= 15 is 0 Å². The molecule has 0 fully saturated rings. The lowest BCUT2D eigenvalue weighted by Gasteiger charge is -2.12. The Morgan fingerprint density at radius 2 is 2.00 bits per heavy atom. The maximum Gasteiger partial charge on any atom is 0.435 e. The molecule has 0 saturated heterocycles. The number of imidazole rings is 1. The van der Waals surface area contributed by atoms with Crippen LogP contribution in [0.2, 0.25) is 5.02 Å². The molecule has 1 aromatic carbocycles. The van der Waals surface area contributed by atoms with E-state index in [1.807, 2.05) is 28.0 Å². The molecule has 4 aromatic rings. The summed E-state index contributed by atoms with van der Waals surface area (Å²) in [5, 5.41) is 9.58. The van der Waals surface area contributed by atoms with Crippen LogP contribution in [0.5, 0.6) is 0 Å². The highest BCUT2D eigenvalue weighted by molar-refractivity contribution is 6.30. The van der Waals surface area contributed by atoms with Crippen molar-refractivity contribution >= 4 is 11.6 Å². The standard InChI is InChI=1S/C21H16ClF3N6/c22-15-3-4-16-12(7-15)1-2-14(16)9-31-10-18(27-11-31)17-8-13(5-6-26-17)19-20(21(23,24)25)29-30-28-19/h3-8,10-11,14H,1-2,9H2,(H,28,29,30)/t14-/m0/s1. The lowest BCUT2D eigenvalue weighted by molar-refractivity contribution is -0.140. The number of nitrogens with zero attached hydrogens (tertiary/aromatic N) is 5. The van der Waals surface area contributed by atoms with Crippen LogP contribution in [0.3, 0.4) is 0 Å². The minimum absolute atomic E-state index is 0.266. The van der Waals surface area contributed by atoms with Crippen molar-refractivity contribution in [1.82, 2.24) is 29.9 Å². The Labute approximate surface area is 180 Å². The van der Waals surface area contributed by atoms with Gasteiger partial charge in [-0.1, -0.05) is 22.9 Å². The smallest absolute Gasteiger partial charge is 0.336 e. The molecule has 0 bridgehead atoms. The molecular formula is C21H16ClF3N6. The Bertz CT molecular complexity index is 1250. The molecule has 0 spiro atoms. The molecule has 6 nitrogen and oxygen atoms in total. The van der Waals surface area contributed by atoms with Crippen molar-refractivity contribution in [2.75, 3.05) is 0 Å². The van der Waals surface area contributed by atoms with Gasteiger partial charge in [0.15, 0.2) is 5.69 Å². The van der Waals surface area contributed by atoms with E-state index in [2.05, 4.69) is 26.3 Å². The molecule has 5 rings (SSSR count). The second kappa shape index (κ2) is 7.49. The molecule has 10 heteroatoms. The van der Waals surface area contributed by atoms with Crippen LogP contribution in [-0.2, 0) is 19.1 Å². The van der Waals surface area contributed by atoms with Crippen LogP contribution < -0.4 is 0 Å². The second-order valence-electron chi connectivity index (χ2n) is 7.50. The van der Waals surface area contributed by atoms with Crippen LogP contribution in [0.1, 0.15) is 29.2 Å². The van der Waals surface area contributed by atoms with Crippen molar-refractivity contribution in [3.63, 3.8) is 0 Å². The number of aromatic amines is 1. The zero-order valence-corrected chi connectivity index (χ0v) is 16.8. The zero-order chi connectivity index (χ0) is 21.6. The molecule has 1 atom stereocenters. The number of hydrogen-bond donors (Lipinski definition) is 1. The average molecular weight is 445 g/mol. The van der Waals surface area contributed by atoms with E-state index in [1.54, 1.807) is 6.33 Å². The van der Waals surface area contributed by atoms with E-state index in [0.717, 1.165) is 24.4 Å². The van der Waals surface area contributed by atoms with Crippen LogP contribution in [0, 0.1) is 0 Å². The molecule has 158 valence electrons. The predicted octanol–water partition coefficient (Wildman–Crippen LogP) is 5.13.